The highest BCUT2D eigenvalue weighted by Gasteiger charge is 2.21. The minimum absolute atomic E-state index is 0.531. The fraction of sp³-hybridized carbons (Fsp3) is 0.562. The molecule has 2 rings (SSSR count). The van der Waals surface area contributed by atoms with Crippen LogP contribution in [0.4, 0.5) is 0 Å². The molecule has 0 spiro atoms. The van der Waals surface area contributed by atoms with Crippen molar-refractivity contribution in [2.75, 3.05) is 19.6 Å². The van der Waals surface area contributed by atoms with Crippen LogP contribution in [0.3, 0.4) is 0 Å². The third-order valence-electron chi connectivity index (χ3n) is 3.66. The van der Waals surface area contributed by atoms with Crippen molar-refractivity contribution in [3.05, 3.63) is 35.9 Å². The van der Waals surface area contributed by atoms with Gasteiger partial charge in [0.1, 0.15) is 12.4 Å². The molecule has 4 heteroatoms. The Kier molecular flexibility index (Phi) is 5.87. The Morgan fingerprint density at radius 2 is 2.15 bits per heavy atom. The molecule has 0 bridgehead atoms. The highest BCUT2D eigenvalue weighted by atomic mass is 16.6. The van der Waals surface area contributed by atoms with Crippen LogP contribution in [-0.2, 0) is 11.4 Å². The zero-order chi connectivity index (χ0) is 14.2. The molecule has 1 aliphatic rings. The first kappa shape index (κ1) is 14.9. The number of rotatable bonds is 6. The van der Waals surface area contributed by atoms with Gasteiger partial charge in [-0.15, -0.1) is 0 Å². The molecular weight excluding hydrogens is 250 g/mol. The van der Waals surface area contributed by atoms with Gasteiger partial charge in [0.15, 0.2) is 0 Å². The van der Waals surface area contributed by atoms with Gasteiger partial charge in [-0.2, -0.15) is 0 Å². The smallest absolute Gasteiger partial charge is 0.144 e. The summed E-state index contributed by atoms with van der Waals surface area (Å²) in [6.45, 7) is 5.58. The van der Waals surface area contributed by atoms with E-state index >= 15 is 0 Å². The lowest BCUT2D eigenvalue weighted by Gasteiger charge is -2.32. The summed E-state index contributed by atoms with van der Waals surface area (Å²) in [6, 6.07) is 10.1. The lowest BCUT2D eigenvalue weighted by atomic mass is 9.98. The summed E-state index contributed by atoms with van der Waals surface area (Å²) >= 11 is 0. The van der Waals surface area contributed by atoms with Gasteiger partial charge < -0.3 is 15.5 Å². The van der Waals surface area contributed by atoms with Crippen LogP contribution in [0.5, 0.6) is 0 Å². The Morgan fingerprint density at radius 3 is 2.90 bits per heavy atom. The second-order valence-corrected chi connectivity index (χ2v) is 5.49. The Hall–Kier alpha value is -1.55. The predicted molar refractivity (Wildman–Crippen MR) is 82.3 cm³/mol. The fourth-order valence-corrected chi connectivity index (χ4v) is 2.42. The molecule has 2 N–H and O–H groups in total. The van der Waals surface area contributed by atoms with Crippen molar-refractivity contribution in [2.24, 2.45) is 16.8 Å². The van der Waals surface area contributed by atoms with Gasteiger partial charge in [0.05, 0.1) is 0 Å². The Labute approximate surface area is 121 Å². The highest BCUT2D eigenvalue weighted by Crippen LogP contribution is 2.19. The predicted octanol–water partition coefficient (Wildman–Crippen LogP) is 2.60. The van der Waals surface area contributed by atoms with Crippen molar-refractivity contribution < 1.29 is 4.84 Å². The van der Waals surface area contributed by atoms with E-state index in [1.807, 2.05) is 18.2 Å². The summed E-state index contributed by atoms with van der Waals surface area (Å²) in [6.07, 6.45) is 3.23. The van der Waals surface area contributed by atoms with Crippen LogP contribution in [0.25, 0.3) is 0 Å². The van der Waals surface area contributed by atoms with Crippen LogP contribution in [0.1, 0.15) is 31.7 Å². The third kappa shape index (κ3) is 4.53. The van der Waals surface area contributed by atoms with Crippen molar-refractivity contribution >= 4 is 5.84 Å². The average molecular weight is 275 g/mol. The van der Waals surface area contributed by atoms with Crippen LogP contribution >= 0.6 is 0 Å². The summed E-state index contributed by atoms with van der Waals surface area (Å²) in [4.78, 5) is 7.85. The fourth-order valence-electron chi connectivity index (χ4n) is 2.42. The van der Waals surface area contributed by atoms with Crippen molar-refractivity contribution in [1.29, 1.82) is 0 Å². The first-order chi connectivity index (χ1) is 9.79. The van der Waals surface area contributed by atoms with Crippen LogP contribution in [0.2, 0.25) is 0 Å². The molecule has 0 aromatic heterocycles. The minimum atomic E-state index is 0.531. The van der Waals surface area contributed by atoms with E-state index in [0.29, 0.717) is 12.5 Å². The average Bonchev–Trinajstić information content (AvgIpc) is 2.47. The molecule has 1 aliphatic heterocycles. The number of nitrogens with zero attached hydrogens (tertiary/aromatic N) is 2. The van der Waals surface area contributed by atoms with Gasteiger partial charge in [0, 0.05) is 19.5 Å². The Morgan fingerprint density at radius 1 is 1.35 bits per heavy atom. The summed E-state index contributed by atoms with van der Waals surface area (Å²) < 4.78 is 0. The molecule has 1 aromatic rings. The molecule has 1 atom stereocenters. The summed E-state index contributed by atoms with van der Waals surface area (Å²) in [5, 5.41) is 4.36. The number of hydrogen-bond acceptors (Lipinski definition) is 3. The number of nitrogens with two attached hydrogens (primary N) is 1. The number of piperidine rings is 1. The molecule has 1 saturated heterocycles. The maximum absolute atomic E-state index is 5.60. The van der Waals surface area contributed by atoms with Gasteiger partial charge in [0.2, 0.25) is 0 Å². The first-order valence-corrected chi connectivity index (χ1v) is 7.47. The van der Waals surface area contributed by atoms with Gasteiger partial charge in [0.25, 0.3) is 0 Å². The van der Waals surface area contributed by atoms with Crippen molar-refractivity contribution in [1.82, 2.24) is 4.90 Å². The summed E-state index contributed by atoms with van der Waals surface area (Å²) in [5.41, 5.74) is 6.74. The highest BCUT2D eigenvalue weighted by molar-refractivity contribution is 5.82. The third-order valence-corrected chi connectivity index (χ3v) is 3.66. The van der Waals surface area contributed by atoms with E-state index in [2.05, 4.69) is 29.1 Å². The number of likely N-dealkylation sites (tertiary alicyclic amines) is 1. The van der Waals surface area contributed by atoms with Crippen LogP contribution in [0.15, 0.2) is 35.5 Å². The van der Waals surface area contributed by atoms with E-state index in [-0.39, 0.29) is 0 Å². The molecule has 0 radical (unpaired) electrons. The van der Waals surface area contributed by atoms with Crippen LogP contribution < -0.4 is 5.73 Å². The SMILES string of the molecule is CC1CCN(CCCN)C(=NOCc2ccccc2)C1. The molecule has 0 aliphatic carbocycles. The molecule has 0 saturated carbocycles. The summed E-state index contributed by atoms with van der Waals surface area (Å²) in [7, 11) is 0. The van der Waals surface area contributed by atoms with Gasteiger partial charge in [-0.1, -0.05) is 42.4 Å². The maximum Gasteiger partial charge on any atom is 0.144 e. The standard InChI is InChI=1S/C16H25N3O/c1-14-8-11-19(10-5-9-17)16(12-14)18-20-13-15-6-3-2-4-7-15/h2-4,6-7,14H,5,8-13,17H2,1H3. The monoisotopic (exact) mass is 275 g/mol. The maximum atomic E-state index is 5.60. The van der Waals surface area contributed by atoms with E-state index in [4.69, 9.17) is 10.6 Å². The first-order valence-electron chi connectivity index (χ1n) is 7.47. The minimum Gasteiger partial charge on any atom is -0.390 e. The number of oxime groups is 1. The van der Waals surface area contributed by atoms with Gasteiger partial charge >= 0.3 is 0 Å². The van der Waals surface area contributed by atoms with Gasteiger partial charge in [-0.3, -0.25) is 0 Å². The van der Waals surface area contributed by atoms with Crippen molar-refractivity contribution in [3.63, 3.8) is 0 Å². The molecule has 1 unspecified atom stereocenters. The lowest BCUT2D eigenvalue weighted by Crippen LogP contribution is -2.39. The van der Waals surface area contributed by atoms with E-state index < -0.39 is 0 Å². The quantitative estimate of drug-likeness (QED) is 0.812. The normalized spacial score (nSPS) is 21.2. The molecule has 1 heterocycles. The molecule has 110 valence electrons. The molecule has 4 nitrogen and oxygen atoms in total. The van der Waals surface area contributed by atoms with Crippen molar-refractivity contribution in [3.8, 4) is 0 Å². The molecule has 1 aromatic carbocycles. The van der Waals surface area contributed by atoms with E-state index in [1.54, 1.807) is 0 Å². The largest absolute Gasteiger partial charge is 0.390 e. The number of hydrogen-bond donors (Lipinski definition) is 1. The second-order valence-electron chi connectivity index (χ2n) is 5.49. The van der Waals surface area contributed by atoms with E-state index in [1.165, 1.54) is 6.42 Å². The zero-order valence-electron chi connectivity index (χ0n) is 12.3. The molecule has 0 amide bonds. The lowest BCUT2D eigenvalue weighted by molar-refractivity contribution is 0.121. The van der Waals surface area contributed by atoms with Gasteiger partial charge in [-0.05, 0) is 30.9 Å². The zero-order valence-corrected chi connectivity index (χ0v) is 12.3. The van der Waals surface area contributed by atoms with Crippen LogP contribution in [-0.4, -0.2) is 30.4 Å². The van der Waals surface area contributed by atoms with Crippen LogP contribution in [0, 0.1) is 5.92 Å². The number of benzene rings is 1. The van der Waals surface area contributed by atoms with E-state index in [0.717, 1.165) is 43.9 Å². The summed E-state index contributed by atoms with van der Waals surface area (Å²) in [5.74, 6) is 1.76. The topological polar surface area (TPSA) is 50.8 Å². The van der Waals surface area contributed by atoms with E-state index in [9.17, 15) is 0 Å². The molecule has 20 heavy (non-hydrogen) atoms. The molecular formula is C16H25N3O. The Balaban J connectivity index is 1.90. The number of amidine groups is 1. The van der Waals surface area contributed by atoms with Crippen molar-refractivity contribution in [2.45, 2.75) is 32.8 Å². The second kappa shape index (κ2) is 7.90. The van der Waals surface area contributed by atoms with Gasteiger partial charge in [-0.25, -0.2) is 0 Å². The Bertz CT molecular complexity index is 417. The molecule has 1 fully saturated rings.